The zero-order valence-electron chi connectivity index (χ0n) is 14.2. The van der Waals surface area contributed by atoms with E-state index in [1.165, 1.54) is 11.1 Å². The maximum absolute atomic E-state index is 12.7. The Morgan fingerprint density at radius 1 is 1.08 bits per heavy atom. The van der Waals surface area contributed by atoms with Gasteiger partial charge in [-0.2, -0.15) is 0 Å². The lowest BCUT2D eigenvalue weighted by Gasteiger charge is -2.30. The van der Waals surface area contributed by atoms with Gasteiger partial charge in [0.15, 0.2) is 0 Å². The second-order valence-corrected chi connectivity index (χ2v) is 7.02. The van der Waals surface area contributed by atoms with Crippen molar-refractivity contribution in [2.24, 2.45) is 11.7 Å². The SMILES string of the molecule is CC(CN)(NC(=O)CC(c1ccccc1)c1ccccc1)C1CC1. The van der Waals surface area contributed by atoms with Gasteiger partial charge in [0.2, 0.25) is 5.91 Å². The van der Waals surface area contributed by atoms with Crippen molar-refractivity contribution in [3.05, 3.63) is 71.8 Å². The quantitative estimate of drug-likeness (QED) is 0.820. The molecule has 1 unspecified atom stereocenters. The molecule has 0 spiro atoms. The fourth-order valence-corrected chi connectivity index (χ4v) is 3.39. The van der Waals surface area contributed by atoms with Gasteiger partial charge in [-0.25, -0.2) is 0 Å². The van der Waals surface area contributed by atoms with Crippen LogP contribution in [0.25, 0.3) is 0 Å². The van der Waals surface area contributed by atoms with Crippen molar-refractivity contribution in [2.75, 3.05) is 6.54 Å². The third-order valence-corrected chi connectivity index (χ3v) is 5.12. The van der Waals surface area contributed by atoms with Gasteiger partial charge < -0.3 is 11.1 Å². The van der Waals surface area contributed by atoms with E-state index >= 15 is 0 Å². The topological polar surface area (TPSA) is 55.1 Å². The Morgan fingerprint density at radius 2 is 1.58 bits per heavy atom. The highest BCUT2D eigenvalue weighted by molar-refractivity contribution is 5.78. The molecule has 0 bridgehead atoms. The van der Waals surface area contributed by atoms with Crippen molar-refractivity contribution in [3.8, 4) is 0 Å². The summed E-state index contributed by atoms with van der Waals surface area (Å²) in [7, 11) is 0. The predicted molar refractivity (Wildman–Crippen MR) is 97.7 cm³/mol. The van der Waals surface area contributed by atoms with Gasteiger partial charge in [0.05, 0.1) is 5.54 Å². The molecule has 1 aliphatic rings. The van der Waals surface area contributed by atoms with Crippen molar-refractivity contribution < 1.29 is 4.79 Å². The molecule has 1 atom stereocenters. The van der Waals surface area contributed by atoms with Crippen molar-refractivity contribution in [2.45, 2.75) is 37.6 Å². The van der Waals surface area contributed by atoms with Gasteiger partial charge in [-0.3, -0.25) is 4.79 Å². The number of amides is 1. The van der Waals surface area contributed by atoms with E-state index in [2.05, 4.69) is 36.5 Å². The summed E-state index contributed by atoms with van der Waals surface area (Å²) in [4.78, 5) is 12.7. The van der Waals surface area contributed by atoms with Crippen molar-refractivity contribution in [3.63, 3.8) is 0 Å². The van der Waals surface area contributed by atoms with Gasteiger partial charge in [-0.05, 0) is 36.8 Å². The molecule has 3 nitrogen and oxygen atoms in total. The summed E-state index contributed by atoms with van der Waals surface area (Å²) in [5.41, 5.74) is 8.00. The molecule has 1 aliphatic carbocycles. The van der Waals surface area contributed by atoms with Crippen molar-refractivity contribution in [1.29, 1.82) is 0 Å². The van der Waals surface area contributed by atoms with Crippen LogP contribution in [0.3, 0.4) is 0 Å². The number of carbonyl (C=O) groups is 1. The third-order valence-electron chi connectivity index (χ3n) is 5.12. The van der Waals surface area contributed by atoms with Crippen LogP contribution in [-0.4, -0.2) is 18.0 Å². The average molecular weight is 322 g/mol. The highest BCUT2D eigenvalue weighted by Crippen LogP contribution is 2.39. The van der Waals surface area contributed by atoms with Crippen LogP contribution in [0.15, 0.2) is 60.7 Å². The van der Waals surface area contributed by atoms with Gasteiger partial charge in [-0.1, -0.05) is 60.7 Å². The Hall–Kier alpha value is -2.13. The highest BCUT2D eigenvalue weighted by atomic mass is 16.1. The molecule has 0 aromatic heterocycles. The second-order valence-electron chi connectivity index (χ2n) is 7.02. The van der Waals surface area contributed by atoms with Crippen LogP contribution in [0.1, 0.15) is 43.2 Å². The first-order valence-electron chi connectivity index (χ1n) is 8.73. The molecule has 126 valence electrons. The van der Waals surface area contributed by atoms with Crippen LogP contribution in [0, 0.1) is 5.92 Å². The van der Waals surface area contributed by atoms with E-state index in [0.29, 0.717) is 18.9 Å². The zero-order chi connectivity index (χ0) is 17.0. The van der Waals surface area contributed by atoms with Gasteiger partial charge in [0.25, 0.3) is 0 Å². The van der Waals surface area contributed by atoms with Crippen LogP contribution in [0.5, 0.6) is 0 Å². The minimum atomic E-state index is -0.269. The Balaban J connectivity index is 1.78. The van der Waals surface area contributed by atoms with Gasteiger partial charge >= 0.3 is 0 Å². The first-order chi connectivity index (χ1) is 11.6. The molecule has 2 aromatic carbocycles. The number of nitrogens with two attached hydrogens (primary N) is 1. The second kappa shape index (κ2) is 7.18. The summed E-state index contributed by atoms with van der Waals surface area (Å²) in [5, 5.41) is 3.21. The monoisotopic (exact) mass is 322 g/mol. The molecule has 0 heterocycles. The zero-order valence-corrected chi connectivity index (χ0v) is 14.2. The summed E-state index contributed by atoms with van der Waals surface area (Å²) in [6.07, 6.45) is 2.76. The van der Waals surface area contributed by atoms with E-state index in [4.69, 9.17) is 5.73 Å². The van der Waals surface area contributed by atoms with E-state index in [-0.39, 0.29) is 17.4 Å². The summed E-state index contributed by atoms with van der Waals surface area (Å²) in [6, 6.07) is 20.5. The molecule has 3 heteroatoms. The minimum absolute atomic E-state index is 0.0635. The van der Waals surface area contributed by atoms with Crippen LogP contribution in [0.2, 0.25) is 0 Å². The number of benzene rings is 2. The number of carbonyl (C=O) groups excluding carboxylic acids is 1. The summed E-state index contributed by atoms with van der Waals surface area (Å²) < 4.78 is 0. The largest absolute Gasteiger partial charge is 0.349 e. The fraction of sp³-hybridized carbons (Fsp3) is 0.381. The van der Waals surface area contributed by atoms with Gasteiger partial charge in [-0.15, -0.1) is 0 Å². The number of hydrogen-bond donors (Lipinski definition) is 2. The fourth-order valence-electron chi connectivity index (χ4n) is 3.39. The van der Waals surface area contributed by atoms with Crippen LogP contribution in [-0.2, 0) is 4.79 Å². The molecular weight excluding hydrogens is 296 g/mol. The highest BCUT2D eigenvalue weighted by Gasteiger charge is 2.41. The maximum Gasteiger partial charge on any atom is 0.221 e. The Bertz CT molecular complexity index is 627. The lowest BCUT2D eigenvalue weighted by molar-refractivity contribution is -0.123. The van der Waals surface area contributed by atoms with Crippen LogP contribution < -0.4 is 11.1 Å². The molecule has 0 saturated heterocycles. The molecule has 1 amide bonds. The lowest BCUT2D eigenvalue weighted by atomic mass is 9.87. The molecule has 0 radical (unpaired) electrons. The number of rotatable bonds is 7. The molecule has 1 fully saturated rings. The molecule has 24 heavy (non-hydrogen) atoms. The summed E-state index contributed by atoms with van der Waals surface area (Å²) >= 11 is 0. The standard InChI is InChI=1S/C21H26N2O/c1-21(15-22,18-12-13-18)23-20(24)14-19(16-8-4-2-5-9-16)17-10-6-3-7-11-17/h2-11,18-19H,12-15,22H2,1H3,(H,23,24). The predicted octanol–water partition coefficient (Wildman–Crippen LogP) is 3.45. The van der Waals surface area contributed by atoms with E-state index < -0.39 is 0 Å². The first-order valence-corrected chi connectivity index (χ1v) is 8.73. The average Bonchev–Trinajstić information content (AvgIpc) is 3.47. The van der Waals surface area contributed by atoms with E-state index in [9.17, 15) is 4.79 Å². The van der Waals surface area contributed by atoms with Crippen molar-refractivity contribution >= 4 is 5.91 Å². The molecule has 2 aromatic rings. The lowest BCUT2D eigenvalue weighted by Crippen LogP contribution is -2.53. The molecule has 3 N–H and O–H groups in total. The van der Waals surface area contributed by atoms with Gasteiger partial charge in [0.1, 0.15) is 0 Å². The Labute approximate surface area is 144 Å². The van der Waals surface area contributed by atoms with Crippen LogP contribution >= 0.6 is 0 Å². The molecule has 3 rings (SSSR count). The van der Waals surface area contributed by atoms with E-state index in [0.717, 1.165) is 12.8 Å². The Kier molecular flexibility index (Phi) is 5.00. The molecule has 1 saturated carbocycles. The third kappa shape index (κ3) is 3.85. The van der Waals surface area contributed by atoms with Gasteiger partial charge in [0, 0.05) is 18.9 Å². The molecular formula is C21H26N2O. The normalized spacial score (nSPS) is 16.6. The Morgan fingerprint density at radius 3 is 2.00 bits per heavy atom. The summed E-state index contributed by atoms with van der Waals surface area (Å²) in [5.74, 6) is 0.666. The van der Waals surface area contributed by atoms with E-state index in [1.807, 2.05) is 36.4 Å². The minimum Gasteiger partial charge on any atom is -0.349 e. The van der Waals surface area contributed by atoms with E-state index in [1.54, 1.807) is 0 Å². The van der Waals surface area contributed by atoms with Crippen molar-refractivity contribution in [1.82, 2.24) is 5.32 Å². The van der Waals surface area contributed by atoms with Crippen LogP contribution in [0.4, 0.5) is 0 Å². The smallest absolute Gasteiger partial charge is 0.221 e. The number of nitrogens with one attached hydrogen (secondary N) is 1. The summed E-state index contributed by atoms with van der Waals surface area (Å²) in [6.45, 7) is 2.56. The molecule has 0 aliphatic heterocycles. The maximum atomic E-state index is 12.7. The number of hydrogen-bond acceptors (Lipinski definition) is 2. The first kappa shape index (κ1) is 16.7.